The number of sulfonamides is 1. The summed E-state index contributed by atoms with van der Waals surface area (Å²) in [6.45, 7) is 0. The van der Waals surface area contributed by atoms with Crippen LogP contribution in [-0.4, -0.2) is 39.9 Å². The molecule has 0 spiro atoms. The minimum atomic E-state index is -3.96. The van der Waals surface area contributed by atoms with Crippen LogP contribution < -0.4 is 19.6 Å². The first-order valence-electron chi connectivity index (χ1n) is 9.30. The van der Waals surface area contributed by atoms with E-state index in [0.29, 0.717) is 17.1 Å². The molecule has 0 aromatic heterocycles. The second-order valence-electron chi connectivity index (χ2n) is 6.46. The van der Waals surface area contributed by atoms with E-state index < -0.39 is 15.9 Å². The molecule has 0 radical (unpaired) electrons. The molecule has 32 heavy (non-hydrogen) atoms. The number of nitrogens with zero attached hydrogens (tertiary/aromatic N) is 1. The maximum absolute atomic E-state index is 12.8. The fourth-order valence-electron chi connectivity index (χ4n) is 2.75. The van der Waals surface area contributed by atoms with E-state index >= 15 is 0 Å². The Morgan fingerprint density at radius 2 is 1.72 bits per heavy atom. The predicted octanol–water partition coefficient (Wildman–Crippen LogP) is 2.97. The van der Waals surface area contributed by atoms with E-state index in [1.54, 1.807) is 36.4 Å². The molecule has 0 heterocycles. The number of ether oxygens (including phenoxy) is 2. The molecule has 1 amide bonds. The molecule has 0 aliphatic carbocycles. The van der Waals surface area contributed by atoms with Gasteiger partial charge in [0.25, 0.3) is 15.9 Å². The van der Waals surface area contributed by atoms with Gasteiger partial charge in [-0.25, -0.2) is 13.8 Å². The summed E-state index contributed by atoms with van der Waals surface area (Å²) in [5.41, 5.74) is 3.23. The molecular formula is C22H21N3O6S. The van der Waals surface area contributed by atoms with Crippen molar-refractivity contribution >= 4 is 27.8 Å². The summed E-state index contributed by atoms with van der Waals surface area (Å²) >= 11 is 0. The van der Waals surface area contributed by atoms with Crippen LogP contribution in [0.4, 0.5) is 5.69 Å². The van der Waals surface area contributed by atoms with Gasteiger partial charge in [0.05, 0.1) is 31.0 Å². The van der Waals surface area contributed by atoms with Crippen LogP contribution in [0.15, 0.2) is 76.7 Å². The van der Waals surface area contributed by atoms with Gasteiger partial charge < -0.3 is 14.6 Å². The number of aromatic hydroxyl groups is 1. The Morgan fingerprint density at radius 1 is 0.969 bits per heavy atom. The number of hydrogen-bond donors (Lipinski definition) is 3. The topological polar surface area (TPSA) is 126 Å². The average Bonchev–Trinajstić information content (AvgIpc) is 2.79. The first-order valence-corrected chi connectivity index (χ1v) is 10.8. The van der Waals surface area contributed by atoms with Crippen LogP contribution in [-0.2, 0) is 10.0 Å². The number of methoxy groups -OCH3 is 2. The van der Waals surface area contributed by atoms with Crippen molar-refractivity contribution in [1.82, 2.24) is 5.43 Å². The predicted molar refractivity (Wildman–Crippen MR) is 120 cm³/mol. The fraction of sp³-hybridized carbons (Fsp3) is 0.0909. The minimum absolute atomic E-state index is 0.0665. The molecule has 0 saturated heterocycles. The lowest BCUT2D eigenvalue weighted by Crippen LogP contribution is -2.19. The number of anilines is 1. The summed E-state index contributed by atoms with van der Waals surface area (Å²) < 4.78 is 38.1. The molecule has 166 valence electrons. The van der Waals surface area contributed by atoms with E-state index in [-0.39, 0.29) is 21.9 Å². The Morgan fingerprint density at radius 3 is 2.44 bits per heavy atom. The Hall–Kier alpha value is -4.05. The summed E-state index contributed by atoms with van der Waals surface area (Å²) in [6, 6.07) is 16.7. The maximum atomic E-state index is 12.8. The number of carbonyl (C=O) groups excluding carboxylic acids is 1. The highest BCUT2D eigenvalue weighted by Gasteiger charge is 2.18. The normalized spacial score (nSPS) is 11.2. The number of nitrogens with one attached hydrogen (secondary N) is 2. The third-order valence-corrected chi connectivity index (χ3v) is 5.70. The van der Waals surface area contributed by atoms with Gasteiger partial charge in [-0.1, -0.05) is 18.2 Å². The first kappa shape index (κ1) is 22.6. The van der Waals surface area contributed by atoms with Crippen molar-refractivity contribution in [2.75, 3.05) is 18.9 Å². The zero-order chi connectivity index (χ0) is 23.1. The van der Waals surface area contributed by atoms with E-state index in [9.17, 15) is 18.3 Å². The van der Waals surface area contributed by atoms with Crippen molar-refractivity contribution in [2.45, 2.75) is 4.90 Å². The Bertz CT molecular complexity index is 1260. The highest BCUT2D eigenvalue weighted by molar-refractivity contribution is 7.92. The van der Waals surface area contributed by atoms with Gasteiger partial charge in [0.2, 0.25) is 0 Å². The van der Waals surface area contributed by atoms with E-state index in [1.165, 1.54) is 50.8 Å². The largest absolute Gasteiger partial charge is 0.504 e. The zero-order valence-electron chi connectivity index (χ0n) is 17.3. The van der Waals surface area contributed by atoms with Crippen molar-refractivity contribution in [2.24, 2.45) is 5.10 Å². The van der Waals surface area contributed by atoms with Crippen molar-refractivity contribution in [3.63, 3.8) is 0 Å². The molecule has 3 N–H and O–H groups in total. The fourth-order valence-corrected chi connectivity index (χ4v) is 3.87. The lowest BCUT2D eigenvalue weighted by atomic mass is 10.2. The summed E-state index contributed by atoms with van der Waals surface area (Å²) in [4.78, 5) is 12.3. The van der Waals surface area contributed by atoms with E-state index in [0.717, 1.165) is 0 Å². The van der Waals surface area contributed by atoms with Gasteiger partial charge in [0.15, 0.2) is 11.5 Å². The van der Waals surface area contributed by atoms with E-state index in [1.807, 2.05) is 0 Å². The standard InChI is InChI=1S/C22H21N3O6S/c1-30-20-9-4-3-8-18(20)25-32(28,29)17-7-5-6-16(13-17)22(27)24-23-14-15-10-11-21(31-2)19(26)12-15/h3-14,25-26H,1-2H3,(H,24,27)/b23-14+. The van der Waals surface area contributed by atoms with Gasteiger partial charge in [0.1, 0.15) is 5.75 Å². The lowest BCUT2D eigenvalue weighted by Gasteiger charge is -2.12. The number of para-hydroxylation sites is 2. The van der Waals surface area contributed by atoms with Gasteiger partial charge in [0, 0.05) is 5.56 Å². The van der Waals surface area contributed by atoms with E-state index in [4.69, 9.17) is 9.47 Å². The Labute approximate surface area is 185 Å². The number of carbonyl (C=O) groups is 1. The average molecular weight is 455 g/mol. The van der Waals surface area contributed by atoms with Crippen molar-refractivity contribution < 1.29 is 27.8 Å². The van der Waals surface area contributed by atoms with Crippen molar-refractivity contribution in [1.29, 1.82) is 0 Å². The van der Waals surface area contributed by atoms with Crippen LogP contribution in [0, 0.1) is 0 Å². The summed E-state index contributed by atoms with van der Waals surface area (Å²) in [5.74, 6) is 0.00590. The lowest BCUT2D eigenvalue weighted by molar-refractivity contribution is 0.0955. The minimum Gasteiger partial charge on any atom is -0.504 e. The molecule has 0 fully saturated rings. The van der Waals surface area contributed by atoms with Crippen molar-refractivity contribution in [3.05, 3.63) is 77.9 Å². The number of phenolic OH excluding ortho intramolecular Hbond substituents is 1. The van der Waals surface area contributed by atoms with Gasteiger partial charge >= 0.3 is 0 Å². The highest BCUT2D eigenvalue weighted by Crippen LogP contribution is 2.27. The number of hydrazone groups is 1. The first-order chi connectivity index (χ1) is 15.3. The van der Waals surface area contributed by atoms with Crippen LogP contribution in [0.25, 0.3) is 0 Å². The molecule has 0 bridgehead atoms. The molecule has 9 nitrogen and oxygen atoms in total. The van der Waals surface area contributed by atoms with Crippen LogP contribution >= 0.6 is 0 Å². The molecule has 3 aromatic carbocycles. The second-order valence-corrected chi connectivity index (χ2v) is 8.15. The molecular weight excluding hydrogens is 434 g/mol. The number of amides is 1. The summed E-state index contributed by atoms with van der Waals surface area (Å²) in [7, 11) is -1.09. The monoisotopic (exact) mass is 455 g/mol. The number of phenols is 1. The Kier molecular flexibility index (Phi) is 6.96. The third-order valence-electron chi connectivity index (χ3n) is 4.34. The quantitative estimate of drug-likeness (QED) is 0.354. The molecule has 0 aliphatic heterocycles. The van der Waals surface area contributed by atoms with Gasteiger partial charge in [-0.3, -0.25) is 9.52 Å². The summed E-state index contributed by atoms with van der Waals surface area (Å²) in [5, 5.41) is 13.6. The molecule has 0 saturated carbocycles. The molecule has 10 heteroatoms. The molecule has 0 aliphatic rings. The molecule has 0 unspecified atom stereocenters. The number of rotatable bonds is 8. The molecule has 3 rings (SSSR count). The zero-order valence-corrected chi connectivity index (χ0v) is 18.1. The maximum Gasteiger partial charge on any atom is 0.271 e. The van der Waals surface area contributed by atoms with Crippen LogP contribution in [0.5, 0.6) is 17.2 Å². The second kappa shape index (κ2) is 9.84. The van der Waals surface area contributed by atoms with Crippen LogP contribution in [0.2, 0.25) is 0 Å². The van der Waals surface area contributed by atoms with Crippen molar-refractivity contribution in [3.8, 4) is 17.2 Å². The molecule has 3 aromatic rings. The van der Waals surface area contributed by atoms with Gasteiger partial charge in [-0.05, 0) is 54.1 Å². The van der Waals surface area contributed by atoms with E-state index in [2.05, 4.69) is 15.2 Å². The smallest absolute Gasteiger partial charge is 0.271 e. The third kappa shape index (κ3) is 5.35. The van der Waals surface area contributed by atoms with Crippen LogP contribution in [0.3, 0.4) is 0 Å². The number of hydrogen-bond acceptors (Lipinski definition) is 7. The SMILES string of the molecule is COc1ccc(/C=N/NC(=O)c2cccc(S(=O)(=O)Nc3ccccc3OC)c2)cc1O. The van der Waals surface area contributed by atoms with Gasteiger partial charge in [-0.2, -0.15) is 5.10 Å². The highest BCUT2D eigenvalue weighted by atomic mass is 32.2. The Balaban J connectivity index is 1.73. The van der Waals surface area contributed by atoms with Crippen LogP contribution in [0.1, 0.15) is 15.9 Å². The molecule has 0 atom stereocenters. The number of benzene rings is 3. The summed E-state index contributed by atoms with van der Waals surface area (Å²) in [6.07, 6.45) is 1.33. The van der Waals surface area contributed by atoms with Gasteiger partial charge in [-0.15, -0.1) is 0 Å².